The Morgan fingerprint density at radius 1 is 1.24 bits per heavy atom. The molecule has 21 heavy (non-hydrogen) atoms. The number of hydrogen-bond donors (Lipinski definition) is 0. The van der Waals surface area contributed by atoms with Gasteiger partial charge in [0.1, 0.15) is 11.6 Å². The Kier molecular flexibility index (Phi) is 3.92. The summed E-state index contributed by atoms with van der Waals surface area (Å²) in [6.45, 7) is 3.78. The van der Waals surface area contributed by atoms with E-state index in [2.05, 4.69) is 27.6 Å². The van der Waals surface area contributed by atoms with Crippen LogP contribution in [0, 0.1) is 16.3 Å². The molecule has 1 atom stereocenters. The summed E-state index contributed by atoms with van der Waals surface area (Å²) < 4.78 is 17.2. The number of halogens is 3. The quantitative estimate of drug-likeness (QED) is 0.407. The van der Waals surface area contributed by atoms with Crippen LogP contribution < -0.4 is 0 Å². The van der Waals surface area contributed by atoms with E-state index in [9.17, 15) is 4.39 Å². The molecule has 1 heterocycles. The lowest BCUT2D eigenvalue weighted by molar-refractivity contribution is 0.616. The minimum absolute atomic E-state index is 0.281. The van der Waals surface area contributed by atoms with E-state index in [0.717, 1.165) is 20.2 Å². The molecule has 0 fully saturated rings. The number of fused-ring (bicyclic) bond motifs is 1. The van der Waals surface area contributed by atoms with Crippen LogP contribution in [0.4, 0.5) is 4.39 Å². The normalized spacial score (nSPS) is 12.8. The standard InChI is InChI=1S/C16H13ClFIN2/c1-9-3-5-12(18)15(7-9)21-14-6-4-11(19)8-13(14)20-16(21)10(2)17/h3-8,10H,1-2H3. The van der Waals surface area contributed by atoms with E-state index >= 15 is 0 Å². The van der Waals surface area contributed by atoms with Gasteiger partial charge in [-0.05, 0) is 72.3 Å². The van der Waals surface area contributed by atoms with E-state index in [-0.39, 0.29) is 11.2 Å². The van der Waals surface area contributed by atoms with Crippen LogP contribution in [0.2, 0.25) is 0 Å². The highest BCUT2D eigenvalue weighted by molar-refractivity contribution is 14.1. The molecule has 0 spiro atoms. The van der Waals surface area contributed by atoms with Gasteiger partial charge in [0.15, 0.2) is 0 Å². The fourth-order valence-electron chi connectivity index (χ4n) is 2.39. The highest BCUT2D eigenvalue weighted by Crippen LogP contribution is 2.30. The minimum Gasteiger partial charge on any atom is -0.292 e. The zero-order valence-corrected chi connectivity index (χ0v) is 14.5. The van der Waals surface area contributed by atoms with Crippen LogP contribution in [0.25, 0.3) is 16.7 Å². The van der Waals surface area contributed by atoms with E-state index < -0.39 is 0 Å². The van der Waals surface area contributed by atoms with Gasteiger partial charge < -0.3 is 0 Å². The smallest absolute Gasteiger partial charge is 0.147 e. The summed E-state index contributed by atoms with van der Waals surface area (Å²) in [6, 6.07) is 11.0. The van der Waals surface area contributed by atoms with E-state index in [1.54, 1.807) is 6.07 Å². The van der Waals surface area contributed by atoms with Gasteiger partial charge in [0.2, 0.25) is 0 Å². The molecule has 0 N–H and O–H groups in total. The maximum absolute atomic E-state index is 14.3. The molecule has 0 saturated heterocycles. The van der Waals surface area contributed by atoms with Crippen molar-refractivity contribution in [2.24, 2.45) is 0 Å². The van der Waals surface area contributed by atoms with E-state index in [1.807, 2.05) is 42.7 Å². The van der Waals surface area contributed by atoms with E-state index in [1.165, 1.54) is 6.07 Å². The molecule has 0 saturated carbocycles. The third kappa shape index (κ3) is 2.66. The van der Waals surface area contributed by atoms with Crippen LogP contribution in [0.1, 0.15) is 23.7 Å². The molecule has 2 aromatic carbocycles. The summed E-state index contributed by atoms with van der Waals surface area (Å²) in [5, 5.41) is -0.310. The predicted molar refractivity (Wildman–Crippen MR) is 92.8 cm³/mol. The zero-order chi connectivity index (χ0) is 15.1. The van der Waals surface area contributed by atoms with Crippen molar-refractivity contribution >= 4 is 45.2 Å². The third-order valence-electron chi connectivity index (χ3n) is 3.34. The number of benzene rings is 2. The molecule has 5 heteroatoms. The molecule has 0 bridgehead atoms. The lowest BCUT2D eigenvalue weighted by Gasteiger charge is -2.12. The highest BCUT2D eigenvalue weighted by atomic mass is 127. The highest BCUT2D eigenvalue weighted by Gasteiger charge is 2.18. The maximum Gasteiger partial charge on any atom is 0.147 e. The molecular weight excluding hydrogens is 402 g/mol. The second-order valence-corrected chi connectivity index (χ2v) is 6.91. The van der Waals surface area contributed by atoms with Crippen molar-refractivity contribution in [3.63, 3.8) is 0 Å². The average Bonchev–Trinajstić information content (AvgIpc) is 2.80. The Labute approximate surface area is 141 Å². The fourth-order valence-corrected chi connectivity index (χ4v) is 3.01. The first-order valence-corrected chi connectivity index (χ1v) is 8.07. The van der Waals surface area contributed by atoms with Crippen molar-refractivity contribution < 1.29 is 4.39 Å². The SMILES string of the molecule is Cc1ccc(F)c(-n2c(C(C)Cl)nc3cc(I)ccc32)c1. The largest absolute Gasteiger partial charge is 0.292 e. The topological polar surface area (TPSA) is 17.8 Å². The predicted octanol–water partition coefficient (Wildman–Crippen LogP) is 5.38. The van der Waals surface area contributed by atoms with Crippen LogP contribution in [-0.2, 0) is 0 Å². The lowest BCUT2D eigenvalue weighted by atomic mass is 10.2. The van der Waals surface area contributed by atoms with Crippen LogP contribution in [0.5, 0.6) is 0 Å². The Bertz CT molecular complexity index is 827. The van der Waals surface area contributed by atoms with Gasteiger partial charge in [-0.15, -0.1) is 11.6 Å². The molecule has 0 aliphatic heterocycles. The number of hydrogen-bond acceptors (Lipinski definition) is 1. The summed E-state index contributed by atoms with van der Waals surface area (Å²) in [5.41, 5.74) is 3.17. The molecule has 0 radical (unpaired) electrons. The number of imidazole rings is 1. The van der Waals surface area contributed by atoms with Crippen LogP contribution in [0.3, 0.4) is 0 Å². The van der Waals surface area contributed by atoms with Crippen molar-refractivity contribution in [3.8, 4) is 5.69 Å². The number of alkyl halides is 1. The number of aryl methyl sites for hydroxylation is 1. The molecule has 2 nitrogen and oxygen atoms in total. The van der Waals surface area contributed by atoms with Gasteiger partial charge in [-0.3, -0.25) is 4.57 Å². The Hall–Kier alpha value is -1.14. The zero-order valence-electron chi connectivity index (χ0n) is 11.6. The Morgan fingerprint density at radius 2 is 2.00 bits per heavy atom. The molecule has 3 rings (SSSR count). The lowest BCUT2D eigenvalue weighted by Crippen LogP contribution is -2.04. The molecule has 0 amide bonds. The van der Waals surface area contributed by atoms with Gasteiger partial charge >= 0.3 is 0 Å². The summed E-state index contributed by atoms with van der Waals surface area (Å²) in [6.07, 6.45) is 0. The Morgan fingerprint density at radius 3 is 2.71 bits per heavy atom. The van der Waals surface area contributed by atoms with Crippen molar-refractivity contribution in [3.05, 3.63) is 57.2 Å². The molecule has 108 valence electrons. The van der Waals surface area contributed by atoms with Crippen molar-refractivity contribution in [2.75, 3.05) is 0 Å². The van der Waals surface area contributed by atoms with Crippen LogP contribution in [0.15, 0.2) is 36.4 Å². The first-order valence-electron chi connectivity index (χ1n) is 6.56. The molecule has 1 unspecified atom stereocenters. The van der Waals surface area contributed by atoms with Gasteiger partial charge in [-0.1, -0.05) is 6.07 Å². The van der Waals surface area contributed by atoms with Crippen molar-refractivity contribution in [1.29, 1.82) is 0 Å². The first kappa shape index (κ1) is 14.8. The molecule has 1 aromatic heterocycles. The second kappa shape index (κ2) is 5.57. The summed E-state index contributed by atoms with van der Waals surface area (Å²) in [5.74, 6) is 0.371. The summed E-state index contributed by atoms with van der Waals surface area (Å²) in [4.78, 5) is 4.58. The average molecular weight is 415 g/mol. The van der Waals surface area contributed by atoms with E-state index in [4.69, 9.17) is 11.6 Å². The third-order valence-corrected chi connectivity index (χ3v) is 4.21. The number of nitrogens with zero attached hydrogens (tertiary/aromatic N) is 2. The van der Waals surface area contributed by atoms with Gasteiger partial charge in [0.25, 0.3) is 0 Å². The molecule has 3 aromatic rings. The summed E-state index contributed by atoms with van der Waals surface area (Å²) >= 11 is 8.49. The number of aromatic nitrogens is 2. The Balaban J connectivity index is 2.39. The van der Waals surface area contributed by atoms with Crippen molar-refractivity contribution in [2.45, 2.75) is 19.2 Å². The van der Waals surface area contributed by atoms with Crippen molar-refractivity contribution in [1.82, 2.24) is 9.55 Å². The fraction of sp³-hybridized carbons (Fsp3) is 0.188. The van der Waals surface area contributed by atoms with Gasteiger partial charge in [-0.25, -0.2) is 9.37 Å². The van der Waals surface area contributed by atoms with E-state index in [0.29, 0.717) is 11.5 Å². The second-order valence-electron chi connectivity index (χ2n) is 5.01. The van der Waals surface area contributed by atoms with Gasteiger partial charge in [-0.2, -0.15) is 0 Å². The van der Waals surface area contributed by atoms with Crippen LogP contribution in [-0.4, -0.2) is 9.55 Å². The maximum atomic E-state index is 14.3. The molecular formula is C16H13ClFIN2. The van der Waals surface area contributed by atoms with Crippen LogP contribution >= 0.6 is 34.2 Å². The minimum atomic E-state index is -0.310. The monoisotopic (exact) mass is 414 g/mol. The van der Waals surface area contributed by atoms with Gasteiger partial charge in [0, 0.05) is 3.57 Å². The summed E-state index contributed by atoms with van der Waals surface area (Å²) in [7, 11) is 0. The van der Waals surface area contributed by atoms with Gasteiger partial charge in [0.05, 0.1) is 22.1 Å². The number of rotatable bonds is 2. The molecule has 0 aliphatic carbocycles. The molecule has 0 aliphatic rings. The first-order chi connectivity index (χ1) is 9.97.